The smallest absolute Gasteiger partial charge is 0.0373 e. The second kappa shape index (κ2) is 8.72. The Labute approximate surface area is 99.1 Å². The van der Waals surface area contributed by atoms with Crippen LogP contribution in [0.2, 0.25) is 0 Å². The highest BCUT2D eigenvalue weighted by Gasteiger charge is 1.96. The molecular formula is C14H22N2. The van der Waals surface area contributed by atoms with Crippen molar-refractivity contribution in [2.75, 3.05) is 7.05 Å². The molecule has 0 saturated heterocycles. The lowest BCUT2D eigenvalue weighted by Gasteiger charge is -2.02. The van der Waals surface area contributed by atoms with Gasteiger partial charge in [0.05, 0.1) is 0 Å². The Morgan fingerprint density at radius 3 is 2.44 bits per heavy atom. The largest absolute Gasteiger partial charge is 0.393 e. The first-order valence-corrected chi connectivity index (χ1v) is 5.71. The lowest BCUT2D eigenvalue weighted by molar-refractivity contribution is 1.10. The van der Waals surface area contributed by atoms with E-state index in [0.717, 1.165) is 16.8 Å². The average Bonchev–Trinajstić information content (AvgIpc) is 2.32. The maximum atomic E-state index is 4.26. The Hall–Kier alpha value is -1.57. The summed E-state index contributed by atoms with van der Waals surface area (Å²) in [7, 11) is 1.89. The van der Waals surface area contributed by atoms with Crippen LogP contribution in [0, 0.1) is 6.92 Å². The van der Waals surface area contributed by atoms with Crippen LogP contribution in [-0.4, -0.2) is 12.0 Å². The molecule has 0 bridgehead atoms. The topological polar surface area (TPSA) is 24.9 Å². The number of aryl methyl sites for hydroxylation is 1. The van der Waals surface area contributed by atoms with E-state index < -0.39 is 0 Å². The monoisotopic (exact) mass is 218 g/mol. The fourth-order valence-electron chi connectivity index (χ4n) is 1.20. The molecule has 1 aromatic heterocycles. The van der Waals surface area contributed by atoms with Crippen molar-refractivity contribution in [3.63, 3.8) is 0 Å². The summed E-state index contributed by atoms with van der Waals surface area (Å²) in [5, 5.41) is 3.02. The zero-order valence-corrected chi connectivity index (χ0v) is 10.9. The van der Waals surface area contributed by atoms with Crippen molar-refractivity contribution in [2.24, 2.45) is 0 Å². The minimum absolute atomic E-state index is 1.04. The molecule has 0 radical (unpaired) electrons. The lowest BCUT2D eigenvalue weighted by Crippen LogP contribution is -1.95. The van der Waals surface area contributed by atoms with Gasteiger partial charge in [-0.05, 0) is 25.5 Å². The van der Waals surface area contributed by atoms with Crippen LogP contribution in [0.4, 0.5) is 0 Å². The zero-order chi connectivity index (χ0) is 12.4. The van der Waals surface area contributed by atoms with Gasteiger partial charge in [0.1, 0.15) is 0 Å². The van der Waals surface area contributed by atoms with E-state index in [1.165, 1.54) is 0 Å². The molecule has 0 fully saturated rings. The van der Waals surface area contributed by atoms with Crippen molar-refractivity contribution >= 4 is 5.57 Å². The molecule has 0 spiro atoms. The van der Waals surface area contributed by atoms with E-state index in [9.17, 15) is 0 Å². The van der Waals surface area contributed by atoms with Crippen LogP contribution in [-0.2, 0) is 0 Å². The van der Waals surface area contributed by atoms with Gasteiger partial charge in [0, 0.05) is 30.7 Å². The standard InChI is InChI=1S/C12H16N2.C2H6/c1-4-5-11(8-13-3)12-7-6-10(2)14-9-12;1-2/h4-9,13H,1-3H3;1-2H3/b5-4-,11-8+;. The fourth-order valence-corrected chi connectivity index (χ4v) is 1.20. The molecule has 1 N–H and O–H groups in total. The van der Waals surface area contributed by atoms with Gasteiger partial charge in [-0.2, -0.15) is 0 Å². The van der Waals surface area contributed by atoms with Gasteiger partial charge in [0.2, 0.25) is 0 Å². The summed E-state index contributed by atoms with van der Waals surface area (Å²) < 4.78 is 0. The number of nitrogens with zero attached hydrogens (tertiary/aromatic N) is 1. The molecule has 16 heavy (non-hydrogen) atoms. The maximum absolute atomic E-state index is 4.26. The normalized spacial score (nSPS) is 10.9. The van der Waals surface area contributed by atoms with E-state index in [4.69, 9.17) is 0 Å². The van der Waals surface area contributed by atoms with Gasteiger partial charge in [-0.25, -0.2) is 0 Å². The van der Waals surface area contributed by atoms with Crippen LogP contribution >= 0.6 is 0 Å². The molecule has 0 amide bonds. The van der Waals surface area contributed by atoms with Gasteiger partial charge in [0.25, 0.3) is 0 Å². The van der Waals surface area contributed by atoms with Crippen LogP contribution in [0.3, 0.4) is 0 Å². The number of pyridine rings is 1. The van der Waals surface area contributed by atoms with Crippen molar-refractivity contribution in [3.8, 4) is 0 Å². The third kappa shape index (κ3) is 4.78. The van der Waals surface area contributed by atoms with E-state index in [0.29, 0.717) is 0 Å². The fraction of sp³-hybridized carbons (Fsp3) is 0.357. The van der Waals surface area contributed by atoms with Crippen molar-refractivity contribution in [1.29, 1.82) is 0 Å². The number of nitrogens with one attached hydrogen (secondary N) is 1. The minimum Gasteiger partial charge on any atom is -0.393 e. The molecule has 2 nitrogen and oxygen atoms in total. The van der Waals surface area contributed by atoms with Crippen molar-refractivity contribution in [2.45, 2.75) is 27.7 Å². The highest BCUT2D eigenvalue weighted by molar-refractivity contribution is 5.73. The molecule has 0 atom stereocenters. The van der Waals surface area contributed by atoms with E-state index in [2.05, 4.69) is 22.4 Å². The Bertz CT molecular complexity index is 334. The molecule has 2 heteroatoms. The van der Waals surface area contributed by atoms with Gasteiger partial charge in [-0.3, -0.25) is 4.98 Å². The lowest BCUT2D eigenvalue weighted by atomic mass is 10.1. The summed E-state index contributed by atoms with van der Waals surface area (Å²) in [5.41, 5.74) is 3.31. The summed E-state index contributed by atoms with van der Waals surface area (Å²) in [6, 6.07) is 4.09. The van der Waals surface area contributed by atoms with Crippen LogP contribution < -0.4 is 5.32 Å². The molecular weight excluding hydrogens is 196 g/mol. The third-order valence-corrected chi connectivity index (χ3v) is 1.89. The van der Waals surface area contributed by atoms with Gasteiger partial charge >= 0.3 is 0 Å². The van der Waals surface area contributed by atoms with Crippen LogP contribution in [0.15, 0.2) is 36.7 Å². The molecule has 0 aliphatic rings. The van der Waals surface area contributed by atoms with Gasteiger partial charge in [-0.15, -0.1) is 0 Å². The molecule has 1 aromatic rings. The average molecular weight is 218 g/mol. The molecule has 88 valence electrons. The predicted molar refractivity (Wildman–Crippen MR) is 72.2 cm³/mol. The maximum Gasteiger partial charge on any atom is 0.0373 e. The summed E-state index contributed by atoms with van der Waals surface area (Å²) in [6.07, 6.45) is 7.93. The Morgan fingerprint density at radius 1 is 1.31 bits per heavy atom. The summed E-state index contributed by atoms with van der Waals surface area (Å²) in [4.78, 5) is 4.26. The second-order valence-electron chi connectivity index (χ2n) is 3.08. The second-order valence-corrected chi connectivity index (χ2v) is 3.08. The molecule has 0 aliphatic carbocycles. The molecule has 0 unspecified atom stereocenters. The number of aromatic nitrogens is 1. The number of hydrogen-bond donors (Lipinski definition) is 1. The molecule has 1 heterocycles. The van der Waals surface area contributed by atoms with Crippen molar-refractivity contribution < 1.29 is 0 Å². The van der Waals surface area contributed by atoms with Gasteiger partial charge < -0.3 is 5.32 Å². The first kappa shape index (κ1) is 14.4. The summed E-state index contributed by atoms with van der Waals surface area (Å²) >= 11 is 0. The highest BCUT2D eigenvalue weighted by atomic mass is 14.8. The van der Waals surface area contributed by atoms with Crippen LogP contribution in [0.5, 0.6) is 0 Å². The quantitative estimate of drug-likeness (QED) is 0.785. The predicted octanol–water partition coefficient (Wildman–Crippen LogP) is 3.55. The third-order valence-electron chi connectivity index (χ3n) is 1.89. The number of hydrogen-bond acceptors (Lipinski definition) is 2. The van der Waals surface area contributed by atoms with Crippen LogP contribution in [0.1, 0.15) is 32.0 Å². The first-order chi connectivity index (χ1) is 7.77. The number of allylic oxidation sites excluding steroid dienone is 3. The SMILES string of the molecule is C/C=C\C(=C/NC)c1ccc(C)nc1.CC. The Morgan fingerprint density at radius 2 is 2.00 bits per heavy atom. The molecule has 0 aliphatic heterocycles. The Kier molecular flexibility index (Phi) is 7.86. The van der Waals surface area contributed by atoms with Gasteiger partial charge in [-0.1, -0.05) is 32.1 Å². The number of rotatable bonds is 3. The Balaban J connectivity index is 0.00000106. The van der Waals surface area contributed by atoms with E-state index in [1.807, 2.05) is 59.3 Å². The first-order valence-electron chi connectivity index (χ1n) is 5.71. The van der Waals surface area contributed by atoms with Crippen LogP contribution in [0.25, 0.3) is 5.57 Å². The van der Waals surface area contributed by atoms with E-state index in [-0.39, 0.29) is 0 Å². The van der Waals surface area contributed by atoms with E-state index >= 15 is 0 Å². The molecule has 0 saturated carbocycles. The van der Waals surface area contributed by atoms with Crippen molar-refractivity contribution in [1.82, 2.24) is 10.3 Å². The molecule has 0 aromatic carbocycles. The highest BCUT2D eigenvalue weighted by Crippen LogP contribution is 2.13. The zero-order valence-electron chi connectivity index (χ0n) is 10.9. The minimum atomic E-state index is 1.04. The van der Waals surface area contributed by atoms with E-state index in [1.54, 1.807) is 0 Å². The van der Waals surface area contributed by atoms with Crippen molar-refractivity contribution in [3.05, 3.63) is 47.9 Å². The summed E-state index contributed by atoms with van der Waals surface area (Å²) in [5.74, 6) is 0. The summed E-state index contributed by atoms with van der Waals surface area (Å²) in [6.45, 7) is 7.99. The molecule has 1 rings (SSSR count). The van der Waals surface area contributed by atoms with Gasteiger partial charge in [0.15, 0.2) is 0 Å².